The molecule has 0 aromatic heterocycles. The molecule has 0 saturated heterocycles. The van der Waals surface area contributed by atoms with E-state index in [2.05, 4.69) is 144 Å². The Labute approximate surface area is 248 Å². The molecule has 1 heteroatoms. The Morgan fingerprint density at radius 2 is 1.24 bits per heavy atom. The van der Waals surface area contributed by atoms with Gasteiger partial charge in [-0.3, -0.25) is 0 Å². The van der Waals surface area contributed by atoms with Gasteiger partial charge in [0, 0.05) is 22.4 Å². The number of benzene rings is 6. The van der Waals surface area contributed by atoms with Crippen molar-refractivity contribution in [1.82, 2.24) is 0 Å². The molecule has 3 unspecified atom stereocenters. The van der Waals surface area contributed by atoms with E-state index in [1.165, 1.54) is 75.8 Å². The van der Waals surface area contributed by atoms with Gasteiger partial charge in [0.15, 0.2) is 0 Å². The first-order valence-electron chi connectivity index (χ1n) is 15.5. The highest BCUT2D eigenvalue weighted by Crippen LogP contribution is 2.67. The summed E-state index contributed by atoms with van der Waals surface area (Å²) in [5.74, 6) is 1.62. The number of hydrogen-bond acceptors (Lipinski definition) is 1. The standard InChI is InChI=1S/C41H33N/c1-2-12-32(13-3-1)42(33-24-21-30(22-25-33)35-16-8-11-29-10-4-5-14-34(29)35)39-19-9-18-38-40(39)36-15-6-7-17-37(36)41(38)27-28-20-23-31(41)26-28/h1-19,21-22,24-25,28,31H,20,23,26-27H2. The molecule has 3 atom stereocenters. The third kappa shape index (κ3) is 3.37. The van der Waals surface area contributed by atoms with E-state index < -0.39 is 0 Å². The lowest BCUT2D eigenvalue weighted by Crippen LogP contribution is -2.31. The van der Waals surface area contributed by atoms with Crippen LogP contribution in [0.4, 0.5) is 17.1 Å². The van der Waals surface area contributed by atoms with Crippen molar-refractivity contribution >= 4 is 27.8 Å². The zero-order chi connectivity index (χ0) is 27.7. The number of anilines is 3. The average Bonchev–Trinajstić information content (AvgIpc) is 3.75. The van der Waals surface area contributed by atoms with Crippen molar-refractivity contribution in [1.29, 1.82) is 0 Å². The molecule has 3 aliphatic carbocycles. The summed E-state index contributed by atoms with van der Waals surface area (Å²) >= 11 is 0. The Hall–Kier alpha value is -4.62. The number of para-hydroxylation sites is 1. The number of rotatable bonds is 4. The molecule has 42 heavy (non-hydrogen) atoms. The molecule has 2 saturated carbocycles. The highest BCUT2D eigenvalue weighted by atomic mass is 15.1. The van der Waals surface area contributed by atoms with Crippen LogP contribution in [0, 0.1) is 11.8 Å². The Kier molecular flexibility index (Phi) is 5.26. The van der Waals surface area contributed by atoms with Gasteiger partial charge < -0.3 is 4.90 Å². The number of hydrogen-bond donors (Lipinski definition) is 0. The smallest absolute Gasteiger partial charge is 0.0543 e. The summed E-state index contributed by atoms with van der Waals surface area (Å²) in [4.78, 5) is 2.48. The van der Waals surface area contributed by atoms with Crippen LogP contribution in [0.5, 0.6) is 0 Å². The van der Waals surface area contributed by atoms with Gasteiger partial charge in [0.25, 0.3) is 0 Å². The number of nitrogens with zero attached hydrogens (tertiary/aromatic N) is 1. The Balaban J connectivity index is 1.23. The quantitative estimate of drug-likeness (QED) is 0.215. The molecule has 9 rings (SSSR count). The fraction of sp³-hybridized carbons (Fsp3) is 0.171. The first-order chi connectivity index (χ1) is 20.8. The van der Waals surface area contributed by atoms with Crippen LogP contribution in [0.25, 0.3) is 33.0 Å². The summed E-state index contributed by atoms with van der Waals surface area (Å²) < 4.78 is 0. The topological polar surface area (TPSA) is 3.24 Å². The molecule has 202 valence electrons. The molecular weight excluding hydrogens is 506 g/mol. The largest absolute Gasteiger partial charge is 0.310 e. The summed E-state index contributed by atoms with van der Waals surface area (Å²) in [6, 6.07) is 51.8. The lowest BCUT2D eigenvalue weighted by Gasteiger charge is -2.37. The number of fused-ring (bicyclic) bond motifs is 9. The first-order valence-corrected chi connectivity index (χ1v) is 15.5. The van der Waals surface area contributed by atoms with Crippen LogP contribution in [-0.4, -0.2) is 0 Å². The predicted octanol–water partition coefficient (Wildman–Crippen LogP) is 11.1. The zero-order valence-electron chi connectivity index (χ0n) is 23.7. The Morgan fingerprint density at radius 3 is 2.07 bits per heavy atom. The van der Waals surface area contributed by atoms with E-state index in [0.717, 1.165) is 11.8 Å². The second-order valence-electron chi connectivity index (χ2n) is 12.5. The van der Waals surface area contributed by atoms with Gasteiger partial charge in [0.2, 0.25) is 0 Å². The minimum atomic E-state index is 0.172. The van der Waals surface area contributed by atoms with Crippen LogP contribution < -0.4 is 4.90 Å². The molecule has 0 aliphatic heterocycles. The van der Waals surface area contributed by atoms with Crippen molar-refractivity contribution in [2.75, 3.05) is 4.90 Å². The monoisotopic (exact) mass is 539 g/mol. The Bertz CT molecular complexity index is 1950. The van der Waals surface area contributed by atoms with Crippen molar-refractivity contribution in [2.24, 2.45) is 11.8 Å². The van der Waals surface area contributed by atoms with Crippen molar-refractivity contribution in [3.05, 3.63) is 151 Å². The summed E-state index contributed by atoms with van der Waals surface area (Å²) in [7, 11) is 0. The van der Waals surface area contributed by atoms with E-state index >= 15 is 0 Å². The second kappa shape index (κ2) is 9.19. The summed E-state index contributed by atoms with van der Waals surface area (Å²) in [5, 5.41) is 2.57. The molecule has 1 spiro atoms. The van der Waals surface area contributed by atoms with Crippen LogP contribution in [0.1, 0.15) is 36.8 Å². The SMILES string of the molecule is c1ccc(N(c2ccc(-c3cccc4ccccc34)cc2)c2cccc3c2-c2ccccc2C32CC3CCC2C3)cc1. The van der Waals surface area contributed by atoms with Crippen LogP contribution in [0.15, 0.2) is 140 Å². The fourth-order valence-corrected chi connectivity index (χ4v) is 8.88. The van der Waals surface area contributed by atoms with Gasteiger partial charge in [0.1, 0.15) is 0 Å². The van der Waals surface area contributed by atoms with Crippen LogP contribution in [0.2, 0.25) is 0 Å². The minimum Gasteiger partial charge on any atom is -0.310 e. The van der Waals surface area contributed by atoms with E-state index in [9.17, 15) is 0 Å². The van der Waals surface area contributed by atoms with Gasteiger partial charge in [-0.05, 0) is 100 Å². The zero-order valence-corrected chi connectivity index (χ0v) is 23.7. The molecule has 2 fully saturated rings. The van der Waals surface area contributed by atoms with Crippen molar-refractivity contribution < 1.29 is 0 Å². The van der Waals surface area contributed by atoms with Gasteiger partial charge in [-0.25, -0.2) is 0 Å². The lowest BCUT2D eigenvalue weighted by molar-refractivity contribution is 0.327. The van der Waals surface area contributed by atoms with Gasteiger partial charge in [0.05, 0.1) is 5.69 Å². The van der Waals surface area contributed by atoms with E-state index in [0.29, 0.717) is 0 Å². The molecule has 0 amide bonds. The molecule has 0 N–H and O–H groups in total. The van der Waals surface area contributed by atoms with Crippen LogP contribution >= 0.6 is 0 Å². The Morgan fingerprint density at radius 1 is 0.548 bits per heavy atom. The molecular formula is C41H33N. The molecule has 0 radical (unpaired) electrons. The maximum absolute atomic E-state index is 2.48. The van der Waals surface area contributed by atoms with Gasteiger partial charge in [-0.1, -0.05) is 116 Å². The van der Waals surface area contributed by atoms with E-state index in [4.69, 9.17) is 0 Å². The summed E-state index contributed by atoms with van der Waals surface area (Å²) in [6.45, 7) is 0. The predicted molar refractivity (Wildman–Crippen MR) is 176 cm³/mol. The maximum Gasteiger partial charge on any atom is 0.0543 e. The molecule has 6 aromatic carbocycles. The highest BCUT2D eigenvalue weighted by Gasteiger charge is 2.57. The van der Waals surface area contributed by atoms with Crippen LogP contribution in [0.3, 0.4) is 0 Å². The third-order valence-electron chi connectivity index (χ3n) is 10.5. The molecule has 6 aromatic rings. The normalized spacial score (nSPS) is 21.5. The maximum atomic E-state index is 2.48. The summed E-state index contributed by atoms with van der Waals surface area (Å²) in [6.07, 6.45) is 5.45. The van der Waals surface area contributed by atoms with Crippen molar-refractivity contribution in [2.45, 2.75) is 31.1 Å². The third-order valence-corrected chi connectivity index (χ3v) is 10.5. The van der Waals surface area contributed by atoms with Gasteiger partial charge in [-0.15, -0.1) is 0 Å². The molecule has 1 nitrogen and oxygen atoms in total. The molecule has 0 heterocycles. The minimum absolute atomic E-state index is 0.172. The molecule has 3 aliphatic rings. The van der Waals surface area contributed by atoms with Crippen molar-refractivity contribution in [3.63, 3.8) is 0 Å². The van der Waals surface area contributed by atoms with Crippen LogP contribution in [-0.2, 0) is 5.41 Å². The summed E-state index contributed by atoms with van der Waals surface area (Å²) in [5.41, 5.74) is 12.3. The average molecular weight is 540 g/mol. The van der Waals surface area contributed by atoms with E-state index in [-0.39, 0.29) is 5.41 Å². The van der Waals surface area contributed by atoms with Gasteiger partial charge >= 0.3 is 0 Å². The van der Waals surface area contributed by atoms with Gasteiger partial charge in [-0.2, -0.15) is 0 Å². The lowest BCUT2D eigenvalue weighted by atomic mass is 9.67. The van der Waals surface area contributed by atoms with E-state index in [1.807, 2.05) is 0 Å². The first kappa shape index (κ1) is 24.0. The highest BCUT2D eigenvalue weighted by molar-refractivity contribution is 5.98. The second-order valence-corrected chi connectivity index (χ2v) is 12.5. The fourth-order valence-electron chi connectivity index (χ4n) is 8.88. The van der Waals surface area contributed by atoms with E-state index in [1.54, 1.807) is 11.1 Å². The van der Waals surface area contributed by atoms with Crippen molar-refractivity contribution in [3.8, 4) is 22.3 Å². The molecule has 2 bridgehead atoms.